The molecule has 0 aliphatic carbocycles. The second kappa shape index (κ2) is 6.59. The summed E-state index contributed by atoms with van der Waals surface area (Å²) in [5.74, 6) is 0.219. The highest BCUT2D eigenvalue weighted by atomic mass is 19.1. The molecule has 0 saturated carbocycles. The maximum Gasteiger partial charge on any atom is 0.123 e. The Hall–Kier alpha value is -1.95. The van der Waals surface area contributed by atoms with E-state index >= 15 is 0 Å². The van der Waals surface area contributed by atoms with Gasteiger partial charge in [-0.05, 0) is 54.2 Å². The van der Waals surface area contributed by atoms with Crippen molar-refractivity contribution in [3.63, 3.8) is 0 Å². The Labute approximate surface area is 159 Å². The Kier molecular flexibility index (Phi) is 4.19. The lowest BCUT2D eigenvalue weighted by Gasteiger charge is -2.41. The highest BCUT2D eigenvalue weighted by Gasteiger charge is 2.43. The maximum atomic E-state index is 13.7. The van der Waals surface area contributed by atoms with E-state index in [4.69, 9.17) is 4.74 Å². The molecule has 5 rings (SSSR count). The third-order valence-corrected chi connectivity index (χ3v) is 6.49. The second-order valence-corrected chi connectivity index (χ2v) is 8.08. The lowest BCUT2D eigenvalue weighted by molar-refractivity contribution is -0.0797. The number of nitrogens with zero attached hydrogens (tertiary/aromatic N) is 1. The molecule has 2 N–H and O–H groups in total. The molecule has 142 valence electrons. The van der Waals surface area contributed by atoms with Crippen molar-refractivity contribution < 1.29 is 14.2 Å². The van der Waals surface area contributed by atoms with Crippen LogP contribution in [0.2, 0.25) is 0 Å². The summed E-state index contributed by atoms with van der Waals surface area (Å²) < 4.78 is 19.9. The zero-order valence-corrected chi connectivity index (χ0v) is 15.4. The fraction of sp³-hybridized carbons (Fsp3) is 0.455. The molecule has 3 aliphatic heterocycles. The fourth-order valence-corrected chi connectivity index (χ4v) is 4.94. The number of nitrogens with one attached hydrogen (secondary N) is 1. The normalized spacial score (nSPS) is 24.0. The SMILES string of the molecule is Oc1cccc2c1CNC(CN1CCC3(CC1)OCc1ccc(F)cc13)C2. The third kappa shape index (κ3) is 3.04. The van der Waals surface area contributed by atoms with Gasteiger partial charge in [-0.15, -0.1) is 0 Å². The van der Waals surface area contributed by atoms with Crippen LogP contribution in [-0.2, 0) is 29.9 Å². The van der Waals surface area contributed by atoms with E-state index in [1.165, 1.54) is 11.6 Å². The molecule has 2 aromatic rings. The van der Waals surface area contributed by atoms with Gasteiger partial charge in [-0.3, -0.25) is 0 Å². The number of phenols is 1. The van der Waals surface area contributed by atoms with E-state index in [1.807, 2.05) is 12.1 Å². The van der Waals surface area contributed by atoms with Crippen LogP contribution in [0, 0.1) is 5.82 Å². The zero-order valence-electron chi connectivity index (χ0n) is 15.4. The Morgan fingerprint density at radius 1 is 1.19 bits per heavy atom. The third-order valence-electron chi connectivity index (χ3n) is 6.49. The molecular formula is C22H25FN2O2. The first kappa shape index (κ1) is 17.2. The lowest BCUT2D eigenvalue weighted by atomic mass is 9.83. The average Bonchev–Trinajstić information content (AvgIpc) is 3.02. The van der Waals surface area contributed by atoms with Crippen LogP contribution < -0.4 is 5.32 Å². The molecule has 1 spiro atoms. The van der Waals surface area contributed by atoms with Crippen molar-refractivity contribution in [2.45, 2.75) is 44.1 Å². The summed E-state index contributed by atoms with van der Waals surface area (Å²) in [6, 6.07) is 11.3. The maximum absolute atomic E-state index is 13.7. The van der Waals surface area contributed by atoms with Gasteiger partial charge in [0.05, 0.1) is 12.2 Å². The van der Waals surface area contributed by atoms with Gasteiger partial charge in [-0.25, -0.2) is 4.39 Å². The van der Waals surface area contributed by atoms with Gasteiger partial charge in [0, 0.05) is 37.8 Å². The number of benzene rings is 2. The summed E-state index contributed by atoms with van der Waals surface area (Å²) in [6.07, 6.45) is 2.76. The number of likely N-dealkylation sites (tertiary alicyclic amines) is 1. The van der Waals surface area contributed by atoms with Gasteiger partial charge in [-0.2, -0.15) is 0 Å². The minimum absolute atomic E-state index is 0.172. The topological polar surface area (TPSA) is 44.7 Å². The van der Waals surface area contributed by atoms with Gasteiger partial charge in [0.1, 0.15) is 11.6 Å². The van der Waals surface area contributed by atoms with Crippen LogP contribution in [0.3, 0.4) is 0 Å². The van der Waals surface area contributed by atoms with Crippen LogP contribution in [0.15, 0.2) is 36.4 Å². The highest BCUT2D eigenvalue weighted by molar-refractivity contribution is 5.41. The lowest BCUT2D eigenvalue weighted by Crippen LogP contribution is -2.49. The van der Waals surface area contributed by atoms with Crippen molar-refractivity contribution in [3.05, 3.63) is 64.5 Å². The Morgan fingerprint density at radius 2 is 2.04 bits per heavy atom. The predicted octanol–water partition coefficient (Wildman–Crippen LogP) is 3.07. The fourth-order valence-electron chi connectivity index (χ4n) is 4.94. The van der Waals surface area contributed by atoms with Gasteiger partial charge in [0.25, 0.3) is 0 Å². The molecule has 4 nitrogen and oxygen atoms in total. The summed E-state index contributed by atoms with van der Waals surface area (Å²) in [5.41, 5.74) is 4.17. The predicted molar refractivity (Wildman–Crippen MR) is 101 cm³/mol. The smallest absolute Gasteiger partial charge is 0.123 e. The number of aromatic hydroxyl groups is 1. The molecule has 27 heavy (non-hydrogen) atoms. The summed E-state index contributed by atoms with van der Waals surface area (Å²) in [6.45, 7) is 4.23. The second-order valence-electron chi connectivity index (χ2n) is 8.08. The van der Waals surface area contributed by atoms with Crippen molar-refractivity contribution in [1.82, 2.24) is 10.2 Å². The van der Waals surface area contributed by atoms with Gasteiger partial charge < -0.3 is 20.1 Å². The molecule has 1 saturated heterocycles. The standard InChI is InChI=1S/C22H25FN2O2/c23-17-5-4-16-14-27-22(20(16)11-17)6-8-25(9-7-22)13-18-10-15-2-1-3-21(26)19(15)12-24-18/h1-5,11,18,24,26H,6-10,12-14H2. The van der Waals surface area contributed by atoms with Crippen molar-refractivity contribution in [1.29, 1.82) is 0 Å². The monoisotopic (exact) mass is 368 g/mol. The number of phenolic OH excluding ortho intramolecular Hbond substituents is 1. The minimum atomic E-state index is -0.299. The van der Waals surface area contributed by atoms with E-state index in [-0.39, 0.29) is 11.4 Å². The Balaban J connectivity index is 1.23. The molecule has 3 aliphatic rings. The first-order valence-electron chi connectivity index (χ1n) is 9.81. The van der Waals surface area contributed by atoms with Crippen LogP contribution in [0.1, 0.15) is 35.1 Å². The van der Waals surface area contributed by atoms with E-state index in [9.17, 15) is 9.50 Å². The van der Waals surface area contributed by atoms with E-state index < -0.39 is 0 Å². The van der Waals surface area contributed by atoms with E-state index in [0.717, 1.165) is 62.1 Å². The largest absolute Gasteiger partial charge is 0.508 e. The molecule has 0 radical (unpaired) electrons. The zero-order chi connectivity index (χ0) is 18.4. The van der Waals surface area contributed by atoms with Crippen LogP contribution in [0.4, 0.5) is 4.39 Å². The van der Waals surface area contributed by atoms with Crippen LogP contribution in [0.5, 0.6) is 5.75 Å². The highest BCUT2D eigenvalue weighted by Crippen LogP contribution is 2.44. The summed E-state index contributed by atoms with van der Waals surface area (Å²) in [4.78, 5) is 2.48. The number of hydrogen-bond acceptors (Lipinski definition) is 4. The molecule has 1 fully saturated rings. The molecule has 0 aromatic heterocycles. The van der Waals surface area contributed by atoms with Crippen LogP contribution in [0.25, 0.3) is 0 Å². The number of piperidine rings is 1. The summed E-state index contributed by atoms with van der Waals surface area (Å²) >= 11 is 0. The summed E-state index contributed by atoms with van der Waals surface area (Å²) in [7, 11) is 0. The van der Waals surface area contributed by atoms with Crippen molar-refractivity contribution in [3.8, 4) is 5.75 Å². The number of hydrogen-bond donors (Lipinski definition) is 2. The molecule has 2 aromatic carbocycles. The van der Waals surface area contributed by atoms with E-state index in [2.05, 4.69) is 16.3 Å². The van der Waals surface area contributed by atoms with Crippen molar-refractivity contribution >= 4 is 0 Å². The molecule has 0 amide bonds. The van der Waals surface area contributed by atoms with Gasteiger partial charge in [0.15, 0.2) is 0 Å². The van der Waals surface area contributed by atoms with E-state index in [0.29, 0.717) is 18.4 Å². The molecule has 0 bridgehead atoms. The van der Waals surface area contributed by atoms with Gasteiger partial charge >= 0.3 is 0 Å². The first-order valence-corrected chi connectivity index (χ1v) is 9.81. The molecule has 3 heterocycles. The number of rotatable bonds is 2. The minimum Gasteiger partial charge on any atom is -0.508 e. The first-order chi connectivity index (χ1) is 13.1. The number of halogens is 1. The molecule has 1 unspecified atom stereocenters. The molecule has 5 heteroatoms. The molecule has 1 atom stereocenters. The number of fused-ring (bicyclic) bond motifs is 3. The number of ether oxygens (including phenoxy) is 1. The Morgan fingerprint density at radius 3 is 2.89 bits per heavy atom. The van der Waals surface area contributed by atoms with Crippen molar-refractivity contribution in [2.24, 2.45) is 0 Å². The van der Waals surface area contributed by atoms with Crippen molar-refractivity contribution in [2.75, 3.05) is 19.6 Å². The van der Waals surface area contributed by atoms with Crippen LogP contribution in [-0.4, -0.2) is 35.7 Å². The summed E-state index contributed by atoms with van der Waals surface area (Å²) in [5, 5.41) is 13.6. The quantitative estimate of drug-likeness (QED) is 0.855. The van der Waals surface area contributed by atoms with Gasteiger partial charge in [-0.1, -0.05) is 18.2 Å². The van der Waals surface area contributed by atoms with Gasteiger partial charge in [0.2, 0.25) is 0 Å². The van der Waals surface area contributed by atoms with E-state index in [1.54, 1.807) is 12.1 Å². The average molecular weight is 368 g/mol. The Bertz CT molecular complexity index is 861. The molecular weight excluding hydrogens is 343 g/mol. The van der Waals surface area contributed by atoms with Crippen LogP contribution >= 0.6 is 0 Å².